The van der Waals surface area contributed by atoms with Crippen molar-refractivity contribution in [2.75, 3.05) is 14.2 Å². The van der Waals surface area contributed by atoms with Crippen molar-refractivity contribution in [3.05, 3.63) is 23.8 Å². The van der Waals surface area contributed by atoms with Crippen LogP contribution in [0.15, 0.2) is 18.2 Å². The molecule has 16 heavy (non-hydrogen) atoms. The summed E-state index contributed by atoms with van der Waals surface area (Å²) in [4.78, 5) is 11.0. The fourth-order valence-corrected chi connectivity index (χ4v) is 1.32. The molecule has 0 amide bonds. The molecule has 1 atom stereocenters. The van der Waals surface area contributed by atoms with Gasteiger partial charge in [-0.05, 0) is 17.7 Å². The molecule has 0 aliphatic rings. The maximum absolute atomic E-state index is 11.0. The van der Waals surface area contributed by atoms with Crippen LogP contribution in [0.4, 0.5) is 0 Å². The van der Waals surface area contributed by atoms with Crippen molar-refractivity contribution in [1.82, 2.24) is 0 Å². The average Bonchev–Trinajstić information content (AvgIpc) is 2.28. The lowest BCUT2D eigenvalue weighted by atomic mass is 10.0. The van der Waals surface area contributed by atoms with Crippen molar-refractivity contribution in [2.45, 2.75) is 12.5 Å². The molecule has 0 spiro atoms. The minimum atomic E-state index is -0.496. The lowest BCUT2D eigenvalue weighted by Crippen LogP contribution is -2.16. The fourth-order valence-electron chi connectivity index (χ4n) is 1.32. The van der Waals surface area contributed by atoms with Gasteiger partial charge < -0.3 is 20.3 Å². The van der Waals surface area contributed by atoms with E-state index in [-0.39, 0.29) is 18.1 Å². The van der Waals surface area contributed by atoms with Gasteiger partial charge in [0, 0.05) is 6.04 Å². The maximum atomic E-state index is 11.0. The number of benzene rings is 1. The third-order valence-electron chi connectivity index (χ3n) is 2.25. The molecule has 0 heterocycles. The Morgan fingerprint density at radius 2 is 2.19 bits per heavy atom. The molecule has 0 aliphatic heterocycles. The monoisotopic (exact) mass is 225 g/mol. The van der Waals surface area contributed by atoms with Crippen LogP contribution in [0.3, 0.4) is 0 Å². The number of nitrogens with two attached hydrogens (primary N) is 1. The van der Waals surface area contributed by atoms with E-state index >= 15 is 0 Å². The van der Waals surface area contributed by atoms with Gasteiger partial charge in [0.1, 0.15) is 0 Å². The number of aromatic hydroxyl groups is 1. The molecule has 88 valence electrons. The first kappa shape index (κ1) is 12.3. The fraction of sp³-hybridized carbons (Fsp3) is 0.364. The summed E-state index contributed by atoms with van der Waals surface area (Å²) in [7, 11) is 2.77. The van der Waals surface area contributed by atoms with Gasteiger partial charge in [-0.25, -0.2) is 0 Å². The predicted octanol–water partition coefficient (Wildman–Crippen LogP) is 0.964. The highest BCUT2D eigenvalue weighted by Gasteiger charge is 2.13. The Morgan fingerprint density at radius 1 is 1.50 bits per heavy atom. The number of hydrogen-bond acceptors (Lipinski definition) is 5. The number of rotatable bonds is 4. The first-order valence-corrected chi connectivity index (χ1v) is 4.77. The van der Waals surface area contributed by atoms with E-state index in [9.17, 15) is 9.90 Å². The summed E-state index contributed by atoms with van der Waals surface area (Å²) in [5, 5.41) is 9.53. The predicted molar refractivity (Wildman–Crippen MR) is 58.2 cm³/mol. The number of phenolic OH excluding ortho intramolecular Hbond substituents is 1. The molecule has 1 aromatic carbocycles. The Morgan fingerprint density at radius 3 is 2.69 bits per heavy atom. The second kappa shape index (κ2) is 5.37. The lowest BCUT2D eigenvalue weighted by Gasteiger charge is -2.12. The third kappa shape index (κ3) is 2.87. The van der Waals surface area contributed by atoms with E-state index in [1.54, 1.807) is 12.1 Å². The molecule has 3 N–H and O–H groups in total. The molecule has 1 aromatic rings. The zero-order valence-electron chi connectivity index (χ0n) is 9.27. The number of ether oxygens (including phenoxy) is 2. The molecule has 5 heteroatoms. The summed E-state index contributed by atoms with van der Waals surface area (Å²) in [5.41, 5.74) is 6.44. The van der Waals surface area contributed by atoms with Gasteiger partial charge in [0.2, 0.25) is 0 Å². The number of carbonyl (C=O) groups is 1. The first-order chi connectivity index (χ1) is 7.58. The molecule has 0 saturated heterocycles. The van der Waals surface area contributed by atoms with Gasteiger partial charge in [-0.1, -0.05) is 6.07 Å². The molecular formula is C11H15NO4. The summed E-state index contributed by atoms with van der Waals surface area (Å²) in [5.74, 6) is -0.0165. The zero-order chi connectivity index (χ0) is 12.1. The molecule has 0 fully saturated rings. The van der Waals surface area contributed by atoms with Gasteiger partial charge in [0.05, 0.1) is 20.6 Å². The smallest absolute Gasteiger partial charge is 0.307 e. The highest BCUT2D eigenvalue weighted by Crippen LogP contribution is 2.29. The van der Waals surface area contributed by atoms with Gasteiger partial charge >= 0.3 is 5.97 Å². The molecule has 0 bridgehead atoms. The highest BCUT2D eigenvalue weighted by molar-refractivity contribution is 5.70. The van der Waals surface area contributed by atoms with Crippen molar-refractivity contribution < 1.29 is 19.4 Å². The number of carbonyl (C=O) groups excluding carboxylic acids is 1. The summed E-state index contributed by atoms with van der Waals surface area (Å²) in [6.07, 6.45) is 0.0717. The maximum Gasteiger partial charge on any atom is 0.307 e. The van der Waals surface area contributed by atoms with Crippen LogP contribution < -0.4 is 10.5 Å². The third-order valence-corrected chi connectivity index (χ3v) is 2.25. The molecule has 0 saturated carbocycles. The van der Waals surface area contributed by atoms with Crippen LogP contribution in [-0.4, -0.2) is 25.3 Å². The summed E-state index contributed by atoms with van der Waals surface area (Å²) >= 11 is 0. The minimum absolute atomic E-state index is 0.000292. The second-order valence-corrected chi connectivity index (χ2v) is 3.32. The van der Waals surface area contributed by atoms with Crippen molar-refractivity contribution in [1.29, 1.82) is 0 Å². The van der Waals surface area contributed by atoms with E-state index in [2.05, 4.69) is 4.74 Å². The highest BCUT2D eigenvalue weighted by atomic mass is 16.5. The van der Waals surface area contributed by atoms with Gasteiger partial charge in [0.25, 0.3) is 0 Å². The van der Waals surface area contributed by atoms with E-state index in [1.807, 2.05) is 0 Å². The Balaban J connectivity index is 2.80. The van der Waals surface area contributed by atoms with Crippen LogP contribution in [0.5, 0.6) is 11.5 Å². The van der Waals surface area contributed by atoms with Crippen molar-refractivity contribution >= 4 is 5.97 Å². The first-order valence-electron chi connectivity index (χ1n) is 4.77. The van der Waals surface area contributed by atoms with Gasteiger partial charge in [-0.3, -0.25) is 4.79 Å². The Kier molecular flexibility index (Phi) is 4.13. The summed E-state index contributed by atoms with van der Waals surface area (Å²) < 4.78 is 9.41. The molecule has 5 nitrogen and oxygen atoms in total. The topological polar surface area (TPSA) is 81.8 Å². The lowest BCUT2D eigenvalue weighted by molar-refractivity contribution is -0.141. The summed E-state index contributed by atoms with van der Waals surface area (Å²) in [6.45, 7) is 0. The van der Waals surface area contributed by atoms with Crippen molar-refractivity contribution in [3.63, 3.8) is 0 Å². The van der Waals surface area contributed by atoms with Crippen LogP contribution in [0, 0.1) is 0 Å². The average molecular weight is 225 g/mol. The van der Waals surface area contributed by atoms with Crippen molar-refractivity contribution in [3.8, 4) is 11.5 Å². The van der Waals surface area contributed by atoms with E-state index in [1.165, 1.54) is 20.3 Å². The van der Waals surface area contributed by atoms with Crippen LogP contribution in [0.1, 0.15) is 18.0 Å². The Hall–Kier alpha value is -1.75. The number of esters is 1. The summed E-state index contributed by atoms with van der Waals surface area (Å²) in [6, 6.07) is 4.28. The van der Waals surface area contributed by atoms with E-state index in [4.69, 9.17) is 10.5 Å². The largest absolute Gasteiger partial charge is 0.504 e. The van der Waals surface area contributed by atoms with Gasteiger partial charge in [-0.2, -0.15) is 0 Å². The van der Waals surface area contributed by atoms with E-state index in [0.29, 0.717) is 11.3 Å². The Labute approximate surface area is 93.8 Å². The molecule has 1 rings (SSSR count). The molecular weight excluding hydrogens is 210 g/mol. The number of phenols is 1. The number of hydrogen-bond donors (Lipinski definition) is 2. The normalized spacial score (nSPS) is 11.9. The molecule has 1 unspecified atom stereocenters. The van der Waals surface area contributed by atoms with Crippen LogP contribution in [0.25, 0.3) is 0 Å². The van der Waals surface area contributed by atoms with E-state index < -0.39 is 6.04 Å². The molecule has 0 radical (unpaired) electrons. The number of methoxy groups -OCH3 is 2. The Bertz CT molecular complexity index is 378. The standard InChI is InChI=1S/C11H15NO4/c1-15-10-4-3-7(5-9(10)13)8(12)6-11(14)16-2/h3-5,8,13H,6,12H2,1-2H3. The van der Waals surface area contributed by atoms with E-state index in [0.717, 1.165) is 0 Å². The van der Waals surface area contributed by atoms with Crippen LogP contribution >= 0.6 is 0 Å². The van der Waals surface area contributed by atoms with Gasteiger partial charge in [0.15, 0.2) is 11.5 Å². The quantitative estimate of drug-likeness (QED) is 0.746. The van der Waals surface area contributed by atoms with Crippen molar-refractivity contribution in [2.24, 2.45) is 5.73 Å². The van der Waals surface area contributed by atoms with Crippen LogP contribution in [-0.2, 0) is 9.53 Å². The zero-order valence-corrected chi connectivity index (χ0v) is 9.27. The SMILES string of the molecule is COC(=O)CC(N)c1ccc(OC)c(O)c1. The molecule has 0 aromatic heterocycles. The molecule has 0 aliphatic carbocycles. The van der Waals surface area contributed by atoms with Gasteiger partial charge in [-0.15, -0.1) is 0 Å². The minimum Gasteiger partial charge on any atom is -0.504 e. The second-order valence-electron chi connectivity index (χ2n) is 3.32. The van der Waals surface area contributed by atoms with Crippen LogP contribution in [0.2, 0.25) is 0 Å².